The highest BCUT2D eigenvalue weighted by molar-refractivity contribution is 6.31. The Kier molecular flexibility index (Phi) is 2.83. The highest BCUT2D eigenvalue weighted by Gasteiger charge is 2.15. The molecule has 0 radical (unpaired) electrons. The number of hydrogen-bond donors (Lipinski definition) is 1. The molecular formula is C13H14ClN. The molecule has 0 unspecified atom stereocenters. The molecule has 1 heterocycles. The standard InChI is InChI=1S/C13H14ClN/c1-3-9(2)6-10-8-15-13-5-4-11(14)7-12(10)13/h3-7,15H,8H2,1-2H3/b9-3-,10-6+. The summed E-state index contributed by atoms with van der Waals surface area (Å²) in [6.07, 6.45) is 4.31. The molecule has 0 amide bonds. The van der Waals surface area contributed by atoms with Crippen LogP contribution in [0.2, 0.25) is 5.02 Å². The van der Waals surface area contributed by atoms with Gasteiger partial charge in [-0.2, -0.15) is 0 Å². The second kappa shape index (κ2) is 4.11. The van der Waals surface area contributed by atoms with Gasteiger partial charge in [0.05, 0.1) is 0 Å². The number of allylic oxidation sites excluding steroid dienone is 3. The van der Waals surface area contributed by atoms with E-state index in [2.05, 4.69) is 24.4 Å². The fourth-order valence-electron chi connectivity index (χ4n) is 1.71. The van der Waals surface area contributed by atoms with Gasteiger partial charge in [0.15, 0.2) is 0 Å². The molecule has 0 spiro atoms. The largest absolute Gasteiger partial charge is 0.380 e. The van der Waals surface area contributed by atoms with Crippen molar-refractivity contribution in [2.45, 2.75) is 13.8 Å². The summed E-state index contributed by atoms with van der Waals surface area (Å²) in [5.74, 6) is 0. The topological polar surface area (TPSA) is 12.0 Å². The van der Waals surface area contributed by atoms with Crippen molar-refractivity contribution in [1.29, 1.82) is 0 Å². The molecular weight excluding hydrogens is 206 g/mol. The third-order valence-corrected chi connectivity index (χ3v) is 2.89. The zero-order valence-electron chi connectivity index (χ0n) is 8.97. The highest BCUT2D eigenvalue weighted by atomic mass is 35.5. The van der Waals surface area contributed by atoms with E-state index in [9.17, 15) is 0 Å². The first-order valence-corrected chi connectivity index (χ1v) is 5.46. The van der Waals surface area contributed by atoms with Crippen molar-refractivity contribution in [2.24, 2.45) is 0 Å². The van der Waals surface area contributed by atoms with Crippen LogP contribution in [0.15, 0.2) is 35.9 Å². The Balaban J connectivity index is 2.44. The molecule has 1 aliphatic rings. The number of benzene rings is 1. The van der Waals surface area contributed by atoms with Gasteiger partial charge in [-0.3, -0.25) is 0 Å². The lowest BCUT2D eigenvalue weighted by Gasteiger charge is -2.00. The van der Waals surface area contributed by atoms with E-state index >= 15 is 0 Å². The van der Waals surface area contributed by atoms with E-state index in [0.717, 1.165) is 11.6 Å². The minimum absolute atomic E-state index is 0.793. The van der Waals surface area contributed by atoms with Crippen LogP contribution in [0.25, 0.3) is 5.57 Å². The summed E-state index contributed by atoms with van der Waals surface area (Å²) < 4.78 is 0. The Bertz CT molecular complexity index is 444. The quantitative estimate of drug-likeness (QED) is 0.750. The maximum atomic E-state index is 5.99. The van der Waals surface area contributed by atoms with Crippen molar-refractivity contribution >= 4 is 22.9 Å². The van der Waals surface area contributed by atoms with E-state index < -0.39 is 0 Å². The monoisotopic (exact) mass is 219 g/mol. The molecule has 0 bridgehead atoms. The summed E-state index contributed by atoms with van der Waals surface area (Å²) in [5.41, 5.74) is 4.99. The summed E-state index contributed by atoms with van der Waals surface area (Å²) in [7, 11) is 0. The Morgan fingerprint density at radius 2 is 2.27 bits per heavy atom. The number of hydrogen-bond acceptors (Lipinski definition) is 1. The minimum Gasteiger partial charge on any atom is -0.380 e. The average molecular weight is 220 g/mol. The molecule has 1 N–H and O–H groups in total. The normalized spacial score (nSPS) is 17.8. The van der Waals surface area contributed by atoms with Gasteiger partial charge in [-0.25, -0.2) is 0 Å². The Hall–Kier alpha value is -1.21. The first-order valence-electron chi connectivity index (χ1n) is 5.08. The van der Waals surface area contributed by atoms with Gasteiger partial charge in [0.1, 0.15) is 0 Å². The summed E-state index contributed by atoms with van der Waals surface area (Å²) in [6.45, 7) is 5.05. The number of fused-ring (bicyclic) bond motifs is 1. The van der Waals surface area contributed by atoms with Gasteiger partial charge in [0.25, 0.3) is 0 Å². The second-order valence-corrected chi connectivity index (χ2v) is 4.18. The SMILES string of the molecule is C/C=C(C)\C=C1/CNc2ccc(Cl)cc21. The zero-order valence-corrected chi connectivity index (χ0v) is 9.73. The van der Waals surface area contributed by atoms with Crippen molar-refractivity contribution in [3.8, 4) is 0 Å². The molecule has 0 saturated carbocycles. The summed E-state index contributed by atoms with van der Waals surface area (Å²) >= 11 is 5.99. The van der Waals surface area contributed by atoms with Crippen LogP contribution in [0.1, 0.15) is 19.4 Å². The highest BCUT2D eigenvalue weighted by Crippen LogP contribution is 2.33. The Morgan fingerprint density at radius 3 is 3.00 bits per heavy atom. The molecule has 2 rings (SSSR count). The van der Waals surface area contributed by atoms with E-state index in [1.165, 1.54) is 22.4 Å². The Labute approximate surface area is 95.5 Å². The molecule has 78 valence electrons. The fraction of sp³-hybridized carbons (Fsp3) is 0.231. The van der Waals surface area contributed by atoms with Crippen LogP contribution in [0.5, 0.6) is 0 Å². The number of halogens is 1. The predicted octanol–water partition coefficient (Wildman–Crippen LogP) is 4.12. The summed E-state index contributed by atoms with van der Waals surface area (Å²) in [6, 6.07) is 5.97. The Morgan fingerprint density at radius 1 is 1.47 bits per heavy atom. The van der Waals surface area contributed by atoms with Gasteiger partial charge in [-0.1, -0.05) is 29.3 Å². The van der Waals surface area contributed by atoms with Crippen LogP contribution in [0.3, 0.4) is 0 Å². The van der Waals surface area contributed by atoms with Crippen LogP contribution in [-0.4, -0.2) is 6.54 Å². The van der Waals surface area contributed by atoms with E-state index in [1.54, 1.807) is 0 Å². The number of anilines is 1. The average Bonchev–Trinajstić information content (AvgIpc) is 2.61. The van der Waals surface area contributed by atoms with Crippen molar-refractivity contribution in [1.82, 2.24) is 0 Å². The molecule has 0 aromatic heterocycles. The molecule has 0 fully saturated rings. The van der Waals surface area contributed by atoms with E-state index in [0.29, 0.717) is 0 Å². The van der Waals surface area contributed by atoms with E-state index in [4.69, 9.17) is 11.6 Å². The van der Waals surface area contributed by atoms with Gasteiger partial charge < -0.3 is 5.32 Å². The molecule has 1 aromatic rings. The third kappa shape index (κ3) is 2.07. The summed E-state index contributed by atoms with van der Waals surface area (Å²) in [4.78, 5) is 0. The molecule has 1 aliphatic heterocycles. The lowest BCUT2D eigenvalue weighted by molar-refractivity contribution is 1.41. The fourth-order valence-corrected chi connectivity index (χ4v) is 1.88. The number of rotatable bonds is 1. The predicted molar refractivity (Wildman–Crippen MR) is 67.3 cm³/mol. The zero-order chi connectivity index (χ0) is 10.8. The minimum atomic E-state index is 0.793. The van der Waals surface area contributed by atoms with Gasteiger partial charge in [-0.05, 0) is 37.6 Å². The summed E-state index contributed by atoms with van der Waals surface area (Å²) in [5, 5.41) is 4.15. The third-order valence-electron chi connectivity index (χ3n) is 2.65. The van der Waals surface area contributed by atoms with Gasteiger partial charge in [0, 0.05) is 22.8 Å². The van der Waals surface area contributed by atoms with Crippen LogP contribution >= 0.6 is 11.6 Å². The second-order valence-electron chi connectivity index (χ2n) is 3.75. The van der Waals surface area contributed by atoms with E-state index in [-0.39, 0.29) is 0 Å². The maximum absolute atomic E-state index is 5.99. The molecule has 1 nitrogen and oxygen atoms in total. The molecule has 0 saturated heterocycles. The molecule has 15 heavy (non-hydrogen) atoms. The van der Waals surface area contributed by atoms with Crippen LogP contribution in [-0.2, 0) is 0 Å². The van der Waals surface area contributed by atoms with Crippen molar-refractivity contribution in [3.63, 3.8) is 0 Å². The molecule has 0 aliphatic carbocycles. The lowest BCUT2D eigenvalue weighted by Crippen LogP contribution is -1.91. The first-order chi connectivity index (χ1) is 7.20. The molecule has 1 aromatic carbocycles. The van der Waals surface area contributed by atoms with Crippen molar-refractivity contribution in [3.05, 3.63) is 46.5 Å². The van der Waals surface area contributed by atoms with Crippen LogP contribution in [0.4, 0.5) is 5.69 Å². The smallest absolute Gasteiger partial charge is 0.0420 e. The molecule has 2 heteroatoms. The van der Waals surface area contributed by atoms with Gasteiger partial charge in [0.2, 0.25) is 0 Å². The lowest BCUT2D eigenvalue weighted by atomic mass is 10.1. The van der Waals surface area contributed by atoms with E-state index in [1.807, 2.05) is 25.1 Å². The van der Waals surface area contributed by atoms with Gasteiger partial charge in [-0.15, -0.1) is 0 Å². The van der Waals surface area contributed by atoms with Gasteiger partial charge >= 0.3 is 0 Å². The number of nitrogens with one attached hydrogen (secondary N) is 1. The van der Waals surface area contributed by atoms with Crippen LogP contribution < -0.4 is 5.32 Å². The first kappa shape index (κ1) is 10.3. The van der Waals surface area contributed by atoms with Crippen molar-refractivity contribution in [2.75, 3.05) is 11.9 Å². The maximum Gasteiger partial charge on any atom is 0.0420 e. The van der Waals surface area contributed by atoms with Crippen LogP contribution in [0, 0.1) is 0 Å². The van der Waals surface area contributed by atoms with Crippen molar-refractivity contribution < 1.29 is 0 Å². The molecule has 0 atom stereocenters.